The van der Waals surface area contributed by atoms with Gasteiger partial charge in [-0.15, -0.1) is 0 Å². The number of ether oxygens (including phenoxy) is 2. The summed E-state index contributed by atoms with van der Waals surface area (Å²) < 4.78 is 10.9. The maximum atomic E-state index is 12.9. The number of H-pyrrole nitrogens is 1. The second-order valence-electron chi connectivity index (χ2n) is 7.57. The lowest BCUT2D eigenvalue weighted by atomic mass is 10.1. The highest BCUT2D eigenvalue weighted by atomic mass is 16.7. The zero-order valence-electron chi connectivity index (χ0n) is 16.9. The van der Waals surface area contributed by atoms with E-state index in [1.165, 1.54) is 10.9 Å². The second kappa shape index (κ2) is 9.03. The molecule has 0 aliphatic carbocycles. The van der Waals surface area contributed by atoms with Gasteiger partial charge in [0.1, 0.15) is 0 Å². The minimum atomic E-state index is 0.218. The summed E-state index contributed by atoms with van der Waals surface area (Å²) in [6.07, 6.45) is 6.64. The number of nitrogens with zero attached hydrogens (tertiary/aromatic N) is 1. The quantitative estimate of drug-likeness (QED) is 0.519. The summed E-state index contributed by atoms with van der Waals surface area (Å²) in [4.78, 5) is 18.2. The van der Waals surface area contributed by atoms with Crippen molar-refractivity contribution in [2.75, 3.05) is 13.3 Å². The number of fused-ring (bicyclic) bond motifs is 2. The molecule has 1 amide bonds. The first-order valence-corrected chi connectivity index (χ1v) is 10.5. The van der Waals surface area contributed by atoms with E-state index in [-0.39, 0.29) is 12.7 Å². The van der Waals surface area contributed by atoms with Crippen LogP contribution < -0.4 is 9.47 Å². The van der Waals surface area contributed by atoms with E-state index in [4.69, 9.17) is 9.47 Å². The summed E-state index contributed by atoms with van der Waals surface area (Å²) in [6, 6.07) is 14.2. The van der Waals surface area contributed by atoms with E-state index < -0.39 is 0 Å². The summed E-state index contributed by atoms with van der Waals surface area (Å²) in [5.74, 6) is 1.75. The van der Waals surface area contributed by atoms with Crippen molar-refractivity contribution in [1.82, 2.24) is 9.88 Å². The van der Waals surface area contributed by atoms with Crippen molar-refractivity contribution in [1.29, 1.82) is 0 Å². The highest BCUT2D eigenvalue weighted by molar-refractivity contribution is 5.83. The van der Waals surface area contributed by atoms with Gasteiger partial charge in [0.05, 0.1) is 0 Å². The number of rotatable bonds is 9. The van der Waals surface area contributed by atoms with Gasteiger partial charge in [0.2, 0.25) is 12.7 Å². The van der Waals surface area contributed by atoms with Gasteiger partial charge in [-0.3, -0.25) is 4.79 Å². The Labute approximate surface area is 171 Å². The fourth-order valence-corrected chi connectivity index (χ4v) is 3.83. The van der Waals surface area contributed by atoms with Gasteiger partial charge < -0.3 is 19.4 Å². The summed E-state index contributed by atoms with van der Waals surface area (Å²) in [7, 11) is 0. The number of para-hydroxylation sites is 1. The van der Waals surface area contributed by atoms with Crippen molar-refractivity contribution in [3.63, 3.8) is 0 Å². The molecular weight excluding hydrogens is 364 g/mol. The van der Waals surface area contributed by atoms with Crippen LogP contribution in [0.4, 0.5) is 0 Å². The Bertz CT molecular complexity index is 979. The fraction of sp³-hybridized carbons (Fsp3) is 0.375. The van der Waals surface area contributed by atoms with E-state index in [9.17, 15) is 4.79 Å². The van der Waals surface area contributed by atoms with Crippen LogP contribution in [-0.2, 0) is 17.8 Å². The first-order valence-electron chi connectivity index (χ1n) is 10.5. The maximum Gasteiger partial charge on any atom is 0.231 e. The fourth-order valence-electron chi connectivity index (χ4n) is 3.83. The summed E-state index contributed by atoms with van der Waals surface area (Å²) >= 11 is 0. The van der Waals surface area contributed by atoms with Crippen molar-refractivity contribution in [3.05, 3.63) is 59.8 Å². The molecule has 0 radical (unpaired) electrons. The zero-order chi connectivity index (χ0) is 20.1. The van der Waals surface area contributed by atoms with Crippen LogP contribution in [0.25, 0.3) is 10.9 Å². The number of hydrogen-bond acceptors (Lipinski definition) is 3. The molecule has 0 atom stereocenters. The Kier molecular flexibility index (Phi) is 6.03. The summed E-state index contributed by atoms with van der Waals surface area (Å²) in [5, 5.41) is 1.23. The SMILES string of the molecule is CCCCCC(=O)N(CCc1c[nH]c2ccccc12)Cc1ccc2c(c1)OCO2. The molecule has 3 aromatic rings. The molecule has 0 fully saturated rings. The van der Waals surface area contributed by atoms with Crippen LogP contribution in [-0.4, -0.2) is 29.1 Å². The second-order valence-corrected chi connectivity index (χ2v) is 7.57. The molecule has 0 bridgehead atoms. The number of amides is 1. The van der Waals surface area contributed by atoms with E-state index in [1.807, 2.05) is 29.2 Å². The molecule has 1 aromatic heterocycles. The van der Waals surface area contributed by atoms with Crippen molar-refractivity contribution in [2.24, 2.45) is 0 Å². The van der Waals surface area contributed by atoms with E-state index in [2.05, 4.69) is 36.3 Å². The molecule has 152 valence electrons. The molecule has 0 saturated heterocycles. The number of benzene rings is 2. The summed E-state index contributed by atoms with van der Waals surface area (Å²) in [6.45, 7) is 3.70. The van der Waals surface area contributed by atoms with E-state index in [0.717, 1.165) is 48.3 Å². The molecule has 4 rings (SSSR count). The van der Waals surface area contributed by atoms with Crippen LogP contribution in [0.1, 0.15) is 43.7 Å². The van der Waals surface area contributed by atoms with Crippen LogP contribution in [0.15, 0.2) is 48.7 Å². The monoisotopic (exact) mass is 392 g/mol. The smallest absolute Gasteiger partial charge is 0.231 e. The highest BCUT2D eigenvalue weighted by Gasteiger charge is 2.18. The molecule has 1 aliphatic heterocycles. The first kappa shape index (κ1) is 19.4. The average Bonchev–Trinajstić information content (AvgIpc) is 3.37. The minimum absolute atomic E-state index is 0.218. The van der Waals surface area contributed by atoms with Crippen molar-refractivity contribution in [2.45, 2.75) is 45.6 Å². The molecule has 0 saturated carbocycles. The van der Waals surface area contributed by atoms with Gasteiger partial charge in [0.25, 0.3) is 0 Å². The number of hydrogen-bond donors (Lipinski definition) is 1. The van der Waals surface area contributed by atoms with Gasteiger partial charge in [-0.2, -0.15) is 0 Å². The van der Waals surface area contributed by atoms with Crippen LogP contribution >= 0.6 is 0 Å². The Hall–Kier alpha value is -2.95. The average molecular weight is 392 g/mol. The Balaban J connectivity index is 1.47. The van der Waals surface area contributed by atoms with E-state index >= 15 is 0 Å². The molecule has 0 spiro atoms. The van der Waals surface area contributed by atoms with Crippen LogP contribution in [0.5, 0.6) is 11.5 Å². The van der Waals surface area contributed by atoms with Crippen molar-refractivity contribution in [3.8, 4) is 11.5 Å². The van der Waals surface area contributed by atoms with Gasteiger partial charge in [-0.05, 0) is 42.2 Å². The normalized spacial score (nSPS) is 12.4. The van der Waals surface area contributed by atoms with Gasteiger partial charge in [-0.25, -0.2) is 0 Å². The topological polar surface area (TPSA) is 54.6 Å². The molecule has 1 aliphatic rings. The minimum Gasteiger partial charge on any atom is -0.454 e. The number of carbonyl (C=O) groups excluding carboxylic acids is 1. The Morgan fingerprint density at radius 2 is 1.97 bits per heavy atom. The van der Waals surface area contributed by atoms with E-state index in [0.29, 0.717) is 19.5 Å². The zero-order valence-corrected chi connectivity index (χ0v) is 16.9. The predicted molar refractivity (Wildman–Crippen MR) is 114 cm³/mol. The van der Waals surface area contributed by atoms with Crippen LogP contribution in [0.2, 0.25) is 0 Å². The molecule has 2 aromatic carbocycles. The third kappa shape index (κ3) is 4.56. The van der Waals surface area contributed by atoms with E-state index in [1.54, 1.807) is 0 Å². The lowest BCUT2D eigenvalue weighted by molar-refractivity contribution is -0.131. The van der Waals surface area contributed by atoms with Crippen molar-refractivity contribution < 1.29 is 14.3 Å². The van der Waals surface area contributed by atoms with Gasteiger partial charge >= 0.3 is 0 Å². The lowest BCUT2D eigenvalue weighted by Gasteiger charge is -2.23. The van der Waals surface area contributed by atoms with Crippen LogP contribution in [0.3, 0.4) is 0 Å². The molecule has 0 unspecified atom stereocenters. The number of aromatic nitrogens is 1. The Morgan fingerprint density at radius 3 is 2.86 bits per heavy atom. The Morgan fingerprint density at radius 1 is 1.10 bits per heavy atom. The molecule has 2 heterocycles. The first-order chi connectivity index (χ1) is 14.2. The standard InChI is InChI=1S/C24H28N2O3/c1-2-3-4-9-24(27)26(16-18-10-11-22-23(14-18)29-17-28-22)13-12-19-15-25-21-8-6-5-7-20(19)21/h5-8,10-11,14-15,25H,2-4,9,12-13,16-17H2,1H3. The number of carbonyl (C=O) groups is 1. The molecule has 1 N–H and O–H groups in total. The van der Waals surface area contributed by atoms with Gasteiger partial charge in [0.15, 0.2) is 11.5 Å². The number of nitrogens with one attached hydrogen (secondary N) is 1. The summed E-state index contributed by atoms with van der Waals surface area (Å²) in [5.41, 5.74) is 3.45. The largest absolute Gasteiger partial charge is 0.454 e. The highest BCUT2D eigenvalue weighted by Crippen LogP contribution is 2.33. The van der Waals surface area contributed by atoms with Crippen molar-refractivity contribution >= 4 is 16.8 Å². The van der Waals surface area contributed by atoms with Crippen LogP contribution in [0, 0.1) is 0 Å². The molecule has 5 nitrogen and oxygen atoms in total. The number of aromatic amines is 1. The van der Waals surface area contributed by atoms with Gasteiger partial charge in [-0.1, -0.05) is 44.0 Å². The predicted octanol–water partition coefficient (Wildman–Crippen LogP) is 5.05. The van der Waals surface area contributed by atoms with Gasteiger partial charge in [0, 0.05) is 36.6 Å². The molecule has 29 heavy (non-hydrogen) atoms. The molecule has 5 heteroatoms. The maximum absolute atomic E-state index is 12.9. The third-order valence-corrected chi connectivity index (χ3v) is 5.48. The lowest BCUT2D eigenvalue weighted by Crippen LogP contribution is -2.32. The third-order valence-electron chi connectivity index (χ3n) is 5.48. The molecular formula is C24H28N2O3. The number of unbranched alkanes of at least 4 members (excludes halogenated alkanes) is 2.